The van der Waals surface area contributed by atoms with E-state index in [2.05, 4.69) is 21.2 Å². The Kier molecular flexibility index (Phi) is 5.67. The van der Waals surface area contributed by atoms with Crippen molar-refractivity contribution in [2.75, 3.05) is 5.32 Å². The number of carbonyl (C=O) groups excluding carboxylic acids is 1. The molecule has 0 aliphatic rings. The summed E-state index contributed by atoms with van der Waals surface area (Å²) in [4.78, 5) is 12.2. The first-order chi connectivity index (χ1) is 10.4. The SMILES string of the molecule is Cc1ccc(Cl)cc1NC(=O)/C(C#N)=C\c1cc(Br)c(I)o1. The number of halogens is 3. The lowest BCUT2D eigenvalue weighted by Gasteiger charge is -2.07. The minimum absolute atomic E-state index is 0.0583. The fraction of sp³-hybridized carbons (Fsp3) is 0.0667. The highest BCUT2D eigenvalue weighted by Crippen LogP contribution is 2.25. The minimum Gasteiger partial charge on any atom is -0.450 e. The van der Waals surface area contributed by atoms with Crippen LogP contribution in [0.4, 0.5) is 5.69 Å². The first-order valence-corrected chi connectivity index (χ1v) is 8.30. The van der Waals surface area contributed by atoms with Crippen molar-refractivity contribution < 1.29 is 9.21 Å². The second-order valence-electron chi connectivity index (χ2n) is 4.35. The summed E-state index contributed by atoms with van der Waals surface area (Å²) >= 11 is 11.2. The zero-order chi connectivity index (χ0) is 16.3. The van der Waals surface area contributed by atoms with E-state index in [-0.39, 0.29) is 5.57 Å². The van der Waals surface area contributed by atoms with Gasteiger partial charge in [-0.2, -0.15) is 5.26 Å². The van der Waals surface area contributed by atoms with Crippen LogP contribution < -0.4 is 5.32 Å². The third-order valence-electron chi connectivity index (χ3n) is 2.76. The zero-order valence-corrected chi connectivity index (χ0v) is 15.8. The van der Waals surface area contributed by atoms with Crippen LogP contribution in [0, 0.1) is 22.0 Å². The predicted octanol–water partition coefficient (Wildman–Crippen LogP) is 5.15. The summed E-state index contributed by atoms with van der Waals surface area (Å²) in [6.45, 7) is 1.84. The molecule has 1 heterocycles. The van der Waals surface area contributed by atoms with Gasteiger partial charge < -0.3 is 9.73 Å². The molecule has 0 radical (unpaired) electrons. The van der Waals surface area contributed by atoms with Gasteiger partial charge in [0.2, 0.25) is 0 Å². The van der Waals surface area contributed by atoms with Crippen molar-refractivity contribution in [2.24, 2.45) is 0 Å². The topological polar surface area (TPSA) is 66.0 Å². The van der Waals surface area contributed by atoms with Crippen LogP contribution in [0.2, 0.25) is 5.02 Å². The van der Waals surface area contributed by atoms with Gasteiger partial charge in [-0.15, -0.1) is 0 Å². The highest BCUT2D eigenvalue weighted by atomic mass is 127. The Hall–Kier alpha value is -1.30. The van der Waals surface area contributed by atoms with Crippen molar-refractivity contribution in [3.63, 3.8) is 0 Å². The summed E-state index contributed by atoms with van der Waals surface area (Å²) in [6.07, 6.45) is 1.39. The zero-order valence-electron chi connectivity index (χ0n) is 11.3. The third-order valence-corrected chi connectivity index (χ3v) is 5.13. The number of nitrogens with zero attached hydrogens (tertiary/aromatic N) is 1. The Morgan fingerprint density at radius 1 is 1.50 bits per heavy atom. The second-order valence-corrected chi connectivity index (χ2v) is 6.62. The molecule has 4 nitrogen and oxygen atoms in total. The molecule has 22 heavy (non-hydrogen) atoms. The monoisotopic (exact) mass is 490 g/mol. The molecule has 0 unspecified atom stereocenters. The molecule has 0 saturated heterocycles. The molecule has 112 valence electrons. The number of aryl methyl sites for hydroxylation is 1. The number of amides is 1. The van der Waals surface area contributed by atoms with Crippen molar-refractivity contribution in [1.82, 2.24) is 0 Å². The second kappa shape index (κ2) is 7.31. The van der Waals surface area contributed by atoms with Crippen LogP contribution in [-0.4, -0.2) is 5.91 Å². The highest BCUT2D eigenvalue weighted by molar-refractivity contribution is 14.1. The van der Waals surface area contributed by atoms with E-state index in [1.807, 2.05) is 35.6 Å². The van der Waals surface area contributed by atoms with E-state index in [4.69, 9.17) is 16.0 Å². The van der Waals surface area contributed by atoms with E-state index in [1.165, 1.54) is 6.08 Å². The van der Waals surface area contributed by atoms with Crippen LogP contribution in [0.5, 0.6) is 0 Å². The summed E-state index contributed by atoms with van der Waals surface area (Å²) < 4.78 is 6.81. The molecule has 0 bridgehead atoms. The summed E-state index contributed by atoms with van der Waals surface area (Å²) in [7, 11) is 0. The highest BCUT2D eigenvalue weighted by Gasteiger charge is 2.13. The molecular formula is C15H9BrClIN2O2. The molecule has 0 fully saturated rings. The first-order valence-electron chi connectivity index (χ1n) is 6.05. The van der Waals surface area contributed by atoms with Crippen LogP contribution in [0.3, 0.4) is 0 Å². The molecular weight excluding hydrogens is 482 g/mol. The molecule has 2 rings (SSSR count). The fourth-order valence-electron chi connectivity index (χ4n) is 1.64. The van der Waals surface area contributed by atoms with Crippen molar-refractivity contribution in [2.45, 2.75) is 6.92 Å². The molecule has 0 spiro atoms. The summed E-state index contributed by atoms with van der Waals surface area (Å²) in [5, 5.41) is 12.4. The van der Waals surface area contributed by atoms with Gasteiger partial charge in [0.05, 0.1) is 4.47 Å². The normalized spacial score (nSPS) is 11.1. The van der Waals surface area contributed by atoms with Gasteiger partial charge in [0.15, 0.2) is 3.77 Å². The number of carbonyl (C=O) groups is 1. The van der Waals surface area contributed by atoms with Crippen LogP contribution in [0.15, 0.2) is 38.7 Å². The number of furan rings is 1. The Labute approximate surface area is 154 Å². The summed E-state index contributed by atoms with van der Waals surface area (Å²) in [5.74, 6) is -0.0961. The van der Waals surface area contributed by atoms with Gasteiger partial charge in [0.1, 0.15) is 17.4 Å². The number of rotatable bonds is 3. The molecule has 0 aliphatic heterocycles. The molecule has 0 aliphatic carbocycles. The largest absolute Gasteiger partial charge is 0.450 e. The van der Waals surface area contributed by atoms with E-state index in [1.54, 1.807) is 24.3 Å². The molecule has 1 amide bonds. The van der Waals surface area contributed by atoms with Gasteiger partial charge in [-0.25, -0.2) is 0 Å². The molecule has 0 atom stereocenters. The van der Waals surface area contributed by atoms with Crippen LogP contribution >= 0.6 is 50.1 Å². The number of nitrogens with one attached hydrogen (secondary N) is 1. The lowest BCUT2D eigenvalue weighted by Crippen LogP contribution is -2.14. The smallest absolute Gasteiger partial charge is 0.266 e. The maximum Gasteiger partial charge on any atom is 0.266 e. The van der Waals surface area contributed by atoms with Crippen LogP contribution in [0.25, 0.3) is 6.08 Å². The molecule has 1 aromatic carbocycles. The van der Waals surface area contributed by atoms with E-state index in [0.29, 0.717) is 20.2 Å². The summed E-state index contributed by atoms with van der Waals surface area (Å²) in [5.41, 5.74) is 1.36. The Morgan fingerprint density at radius 3 is 2.82 bits per heavy atom. The minimum atomic E-state index is -0.518. The van der Waals surface area contributed by atoms with Crippen molar-refractivity contribution in [3.8, 4) is 6.07 Å². The molecule has 0 saturated carbocycles. The lowest BCUT2D eigenvalue weighted by atomic mass is 10.1. The number of hydrogen-bond acceptors (Lipinski definition) is 3. The number of benzene rings is 1. The van der Waals surface area contributed by atoms with Crippen molar-refractivity contribution >= 4 is 67.8 Å². The van der Waals surface area contributed by atoms with Gasteiger partial charge in [-0.1, -0.05) is 17.7 Å². The molecule has 2 aromatic rings. The average Bonchev–Trinajstić information content (AvgIpc) is 2.78. The number of hydrogen-bond donors (Lipinski definition) is 1. The number of anilines is 1. The van der Waals surface area contributed by atoms with E-state index in [9.17, 15) is 10.1 Å². The maximum atomic E-state index is 12.2. The van der Waals surface area contributed by atoms with Crippen molar-refractivity contribution in [3.05, 3.63) is 54.4 Å². The van der Waals surface area contributed by atoms with Crippen LogP contribution in [0.1, 0.15) is 11.3 Å². The maximum absolute atomic E-state index is 12.2. The first kappa shape index (κ1) is 17.1. The molecule has 7 heteroatoms. The van der Waals surface area contributed by atoms with Crippen LogP contribution in [-0.2, 0) is 4.79 Å². The predicted molar refractivity (Wildman–Crippen MR) is 97.5 cm³/mol. The quantitative estimate of drug-likeness (QED) is 0.367. The number of nitriles is 1. The Morgan fingerprint density at radius 2 is 2.23 bits per heavy atom. The van der Waals surface area contributed by atoms with Crippen molar-refractivity contribution in [1.29, 1.82) is 5.26 Å². The van der Waals surface area contributed by atoms with E-state index in [0.717, 1.165) is 10.0 Å². The van der Waals surface area contributed by atoms with E-state index >= 15 is 0 Å². The third kappa shape index (κ3) is 4.12. The standard InChI is InChI=1S/C15H9BrClIN2O2/c1-8-2-3-10(17)5-13(8)20-15(21)9(7-19)4-11-6-12(16)14(18)22-11/h2-6H,1H3,(H,20,21)/b9-4-. The lowest BCUT2D eigenvalue weighted by molar-refractivity contribution is -0.112. The van der Waals surface area contributed by atoms with Gasteiger partial charge in [0, 0.05) is 39.4 Å². The Balaban J connectivity index is 2.26. The van der Waals surface area contributed by atoms with Gasteiger partial charge in [0.25, 0.3) is 5.91 Å². The van der Waals surface area contributed by atoms with Gasteiger partial charge in [-0.05, 0) is 46.6 Å². The molecule has 1 aromatic heterocycles. The summed E-state index contributed by atoms with van der Waals surface area (Å²) in [6, 6.07) is 8.72. The van der Waals surface area contributed by atoms with Gasteiger partial charge >= 0.3 is 0 Å². The Bertz CT molecular complexity index is 789. The fourth-order valence-corrected chi connectivity index (χ4v) is 2.53. The van der Waals surface area contributed by atoms with Gasteiger partial charge in [-0.3, -0.25) is 4.79 Å². The van der Waals surface area contributed by atoms with E-state index < -0.39 is 5.91 Å². The average molecular weight is 492 g/mol. The molecule has 1 N–H and O–H groups in total.